The number of hydrogen-bond donors (Lipinski definition) is 1. The number of methoxy groups -OCH3 is 2. The number of aromatic nitrogens is 1. The fourth-order valence-electron chi connectivity index (χ4n) is 2.34. The molecular formula is C18H16N2O3. The van der Waals surface area contributed by atoms with E-state index in [0.717, 1.165) is 28.0 Å². The molecule has 0 saturated carbocycles. The van der Waals surface area contributed by atoms with E-state index in [1.807, 2.05) is 48.5 Å². The van der Waals surface area contributed by atoms with Crippen LogP contribution in [0.25, 0.3) is 10.9 Å². The standard InChI is InChI=1S/C18H16N2O3/c1-22-13-7-5-6-12(10-13)19-16-11-17(18(21)23-2)20-15-9-4-3-8-14(15)16/h3-11H,1-2H3,(H,19,20). The molecule has 0 spiro atoms. The lowest BCUT2D eigenvalue weighted by atomic mass is 10.1. The van der Waals surface area contributed by atoms with Crippen LogP contribution in [0.5, 0.6) is 5.75 Å². The van der Waals surface area contributed by atoms with Crippen molar-refractivity contribution in [1.29, 1.82) is 0 Å². The number of nitrogens with zero attached hydrogens (tertiary/aromatic N) is 1. The second-order valence-electron chi connectivity index (χ2n) is 4.92. The van der Waals surface area contributed by atoms with Crippen LogP contribution in [0.1, 0.15) is 10.5 Å². The summed E-state index contributed by atoms with van der Waals surface area (Å²) in [5, 5.41) is 4.23. The molecule has 2 aromatic carbocycles. The number of nitrogens with one attached hydrogen (secondary N) is 1. The van der Waals surface area contributed by atoms with Crippen molar-refractivity contribution in [3.63, 3.8) is 0 Å². The molecule has 0 aliphatic heterocycles. The molecule has 3 aromatic rings. The Balaban J connectivity index is 2.09. The highest BCUT2D eigenvalue weighted by Gasteiger charge is 2.12. The molecule has 1 aromatic heterocycles. The van der Waals surface area contributed by atoms with Gasteiger partial charge < -0.3 is 14.8 Å². The van der Waals surface area contributed by atoms with Crippen molar-refractivity contribution in [3.05, 3.63) is 60.3 Å². The quantitative estimate of drug-likeness (QED) is 0.743. The molecule has 1 N–H and O–H groups in total. The molecule has 0 radical (unpaired) electrons. The van der Waals surface area contributed by atoms with Crippen LogP contribution in [0.2, 0.25) is 0 Å². The molecule has 0 bridgehead atoms. The first kappa shape index (κ1) is 14.8. The average Bonchev–Trinajstić information content (AvgIpc) is 2.61. The number of rotatable bonds is 4. The van der Waals surface area contributed by atoms with Gasteiger partial charge in [0.05, 0.1) is 25.4 Å². The Morgan fingerprint density at radius 1 is 1.04 bits per heavy atom. The molecule has 0 aliphatic carbocycles. The van der Waals surface area contributed by atoms with E-state index in [0.29, 0.717) is 0 Å². The zero-order chi connectivity index (χ0) is 16.2. The van der Waals surface area contributed by atoms with Crippen LogP contribution in [0.15, 0.2) is 54.6 Å². The molecule has 5 nitrogen and oxygen atoms in total. The largest absolute Gasteiger partial charge is 0.497 e. The fourth-order valence-corrected chi connectivity index (χ4v) is 2.34. The Bertz CT molecular complexity index is 862. The number of pyridine rings is 1. The number of ether oxygens (including phenoxy) is 2. The predicted octanol–water partition coefficient (Wildman–Crippen LogP) is 3.77. The minimum absolute atomic E-state index is 0.261. The van der Waals surface area contributed by atoms with E-state index in [-0.39, 0.29) is 5.69 Å². The van der Waals surface area contributed by atoms with Crippen molar-refractivity contribution >= 4 is 28.2 Å². The molecule has 5 heteroatoms. The van der Waals surface area contributed by atoms with Crippen molar-refractivity contribution in [1.82, 2.24) is 4.98 Å². The molecule has 0 aliphatic rings. The number of anilines is 2. The van der Waals surface area contributed by atoms with Crippen LogP contribution in [-0.2, 0) is 4.74 Å². The molecule has 0 saturated heterocycles. The van der Waals surface area contributed by atoms with Crippen LogP contribution in [0.4, 0.5) is 11.4 Å². The lowest BCUT2D eigenvalue weighted by Crippen LogP contribution is -2.06. The zero-order valence-electron chi connectivity index (χ0n) is 12.9. The average molecular weight is 308 g/mol. The number of hydrogen-bond acceptors (Lipinski definition) is 5. The van der Waals surface area contributed by atoms with Crippen molar-refractivity contribution < 1.29 is 14.3 Å². The first-order valence-corrected chi connectivity index (χ1v) is 7.10. The van der Waals surface area contributed by atoms with Gasteiger partial charge in [-0.1, -0.05) is 24.3 Å². The van der Waals surface area contributed by atoms with Crippen LogP contribution >= 0.6 is 0 Å². The monoisotopic (exact) mass is 308 g/mol. The third-order valence-electron chi connectivity index (χ3n) is 3.46. The van der Waals surface area contributed by atoms with Crippen LogP contribution < -0.4 is 10.1 Å². The van der Waals surface area contributed by atoms with E-state index >= 15 is 0 Å². The van der Waals surface area contributed by atoms with Gasteiger partial charge in [-0.25, -0.2) is 9.78 Å². The van der Waals surface area contributed by atoms with Gasteiger partial charge in [-0.15, -0.1) is 0 Å². The van der Waals surface area contributed by atoms with E-state index in [1.54, 1.807) is 13.2 Å². The zero-order valence-corrected chi connectivity index (χ0v) is 12.9. The number of carbonyl (C=O) groups is 1. The lowest BCUT2D eigenvalue weighted by molar-refractivity contribution is 0.0594. The van der Waals surface area contributed by atoms with Gasteiger partial charge >= 0.3 is 5.97 Å². The summed E-state index contributed by atoms with van der Waals surface area (Å²) in [5.41, 5.74) is 2.62. The molecule has 0 fully saturated rings. The maximum absolute atomic E-state index is 11.8. The van der Waals surface area contributed by atoms with Gasteiger partial charge in [0.1, 0.15) is 5.75 Å². The minimum Gasteiger partial charge on any atom is -0.497 e. The highest BCUT2D eigenvalue weighted by Crippen LogP contribution is 2.28. The number of carbonyl (C=O) groups excluding carboxylic acids is 1. The van der Waals surface area contributed by atoms with Gasteiger partial charge in [-0.05, 0) is 24.3 Å². The van der Waals surface area contributed by atoms with E-state index in [4.69, 9.17) is 9.47 Å². The smallest absolute Gasteiger partial charge is 0.356 e. The molecular weight excluding hydrogens is 292 g/mol. The summed E-state index contributed by atoms with van der Waals surface area (Å²) in [5.74, 6) is 0.283. The Hall–Kier alpha value is -3.08. The van der Waals surface area contributed by atoms with E-state index in [1.165, 1.54) is 7.11 Å². The van der Waals surface area contributed by atoms with Crippen molar-refractivity contribution in [2.75, 3.05) is 19.5 Å². The maximum atomic E-state index is 11.8. The molecule has 116 valence electrons. The third kappa shape index (κ3) is 3.08. The Morgan fingerprint density at radius 3 is 2.65 bits per heavy atom. The summed E-state index contributed by atoms with van der Waals surface area (Å²) in [6.45, 7) is 0. The minimum atomic E-state index is -0.468. The highest BCUT2D eigenvalue weighted by atomic mass is 16.5. The molecule has 23 heavy (non-hydrogen) atoms. The summed E-state index contributed by atoms with van der Waals surface area (Å²) in [6.07, 6.45) is 0. The van der Waals surface area contributed by atoms with Crippen molar-refractivity contribution in [2.24, 2.45) is 0 Å². The number of fused-ring (bicyclic) bond motifs is 1. The van der Waals surface area contributed by atoms with Crippen molar-refractivity contribution in [3.8, 4) is 5.75 Å². The summed E-state index contributed by atoms with van der Waals surface area (Å²) in [4.78, 5) is 16.2. The second kappa shape index (κ2) is 6.36. The maximum Gasteiger partial charge on any atom is 0.356 e. The van der Waals surface area contributed by atoms with Gasteiger partial charge in [-0.2, -0.15) is 0 Å². The molecule has 0 unspecified atom stereocenters. The van der Waals surface area contributed by atoms with E-state index in [9.17, 15) is 4.79 Å². The molecule has 0 atom stereocenters. The SMILES string of the molecule is COC(=O)c1cc(Nc2cccc(OC)c2)c2ccccc2n1. The summed E-state index contributed by atoms with van der Waals surface area (Å²) >= 11 is 0. The Morgan fingerprint density at radius 2 is 1.87 bits per heavy atom. The van der Waals surface area contributed by atoms with Gasteiger partial charge in [0.15, 0.2) is 5.69 Å². The van der Waals surface area contributed by atoms with E-state index in [2.05, 4.69) is 10.3 Å². The van der Waals surface area contributed by atoms with Crippen LogP contribution in [0, 0.1) is 0 Å². The van der Waals surface area contributed by atoms with Gasteiger partial charge in [0, 0.05) is 17.1 Å². The summed E-state index contributed by atoms with van der Waals surface area (Å²) < 4.78 is 10.0. The topological polar surface area (TPSA) is 60.5 Å². The summed E-state index contributed by atoms with van der Waals surface area (Å²) in [6, 6.07) is 16.9. The van der Waals surface area contributed by atoms with Crippen molar-refractivity contribution in [2.45, 2.75) is 0 Å². The third-order valence-corrected chi connectivity index (χ3v) is 3.46. The molecule has 3 rings (SSSR count). The van der Waals surface area contributed by atoms with Gasteiger partial charge in [0.25, 0.3) is 0 Å². The van der Waals surface area contributed by atoms with E-state index < -0.39 is 5.97 Å². The molecule has 0 amide bonds. The lowest BCUT2D eigenvalue weighted by Gasteiger charge is -2.12. The van der Waals surface area contributed by atoms with Gasteiger partial charge in [-0.3, -0.25) is 0 Å². The van der Waals surface area contributed by atoms with Crippen LogP contribution in [0.3, 0.4) is 0 Å². The summed E-state index contributed by atoms with van der Waals surface area (Å²) in [7, 11) is 2.96. The van der Waals surface area contributed by atoms with Gasteiger partial charge in [0.2, 0.25) is 0 Å². The fraction of sp³-hybridized carbons (Fsp3) is 0.111. The number of esters is 1. The Kier molecular flexibility index (Phi) is 4.10. The first-order valence-electron chi connectivity index (χ1n) is 7.10. The predicted molar refractivity (Wildman–Crippen MR) is 89.4 cm³/mol. The highest BCUT2D eigenvalue weighted by molar-refractivity contribution is 5.98. The number of para-hydroxylation sites is 1. The van der Waals surface area contributed by atoms with Crippen LogP contribution in [-0.4, -0.2) is 25.2 Å². The number of benzene rings is 2. The molecule has 1 heterocycles. The first-order chi connectivity index (χ1) is 11.2. The Labute approximate surface area is 133 Å². The second-order valence-corrected chi connectivity index (χ2v) is 4.92. The normalized spacial score (nSPS) is 10.3.